The second-order valence-electron chi connectivity index (χ2n) is 6.08. The molecule has 7 heteroatoms. The number of rotatable bonds is 3. The fourth-order valence-corrected chi connectivity index (χ4v) is 3.49. The molecule has 134 valence electrons. The van der Waals surface area contributed by atoms with Crippen LogP contribution in [0.5, 0.6) is 0 Å². The van der Waals surface area contributed by atoms with Crippen LogP contribution in [-0.4, -0.2) is 29.2 Å². The van der Waals surface area contributed by atoms with E-state index in [9.17, 15) is 14.4 Å². The smallest absolute Gasteiger partial charge is 0.261 e. The van der Waals surface area contributed by atoms with Crippen molar-refractivity contribution in [3.63, 3.8) is 0 Å². The van der Waals surface area contributed by atoms with E-state index in [0.717, 1.165) is 10.3 Å². The van der Waals surface area contributed by atoms with Gasteiger partial charge in [0.1, 0.15) is 6.54 Å². The molecule has 3 aromatic carbocycles. The van der Waals surface area contributed by atoms with Crippen molar-refractivity contribution >= 4 is 57.4 Å². The molecule has 0 saturated carbocycles. The summed E-state index contributed by atoms with van der Waals surface area (Å²) in [6, 6.07) is 15.1. The highest BCUT2D eigenvalue weighted by molar-refractivity contribution is 6.35. The summed E-state index contributed by atoms with van der Waals surface area (Å²) < 4.78 is 0. The highest BCUT2D eigenvalue weighted by Gasteiger charge is 2.33. The number of hydrogen-bond acceptors (Lipinski definition) is 3. The van der Waals surface area contributed by atoms with Crippen LogP contribution in [0.25, 0.3) is 10.8 Å². The highest BCUT2D eigenvalue weighted by atomic mass is 35.5. The van der Waals surface area contributed by atoms with Gasteiger partial charge in [0.25, 0.3) is 11.8 Å². The maximum absolute atomic E-state index is 12.8. The minimum Gasteiger partial charge on any atom is -0.323 e. The zero-order chi connectivity index (χ0) is 19.1. The minimum absolute atomic E-state index is 0.305. The van der Waals surface area contributed by atoms with Gasteiger partial charge >= 0.3 is 0 Å². The van der Waals surface area contributed by atoms with Crippen molar-refractivity contribution in [3.8, 4) is 0 Å². The number of amides is 3. The van der Waals surface area contributed by atoms with Gasteiger partial charge in [-0.3, -0.25) is 19.3 Å². The van der Waals surface area contributed by atoms with E-state index >= 15 is 0 Å². The van der Waals surface area contributed by atoms with Crippen LogP contribution in [0, 0.1) is 0 Å². The third kappa shape index (κ3) is 3.05. The molecule has 0 atom stereocenters. The third-order valence-electron chi connectivity index (χ3n) is 4.36. The van der Waals surface area contributed by atoms with Gasteiger partial charge in [-0.05, 0) is 35.7 Å². The first-order chi connectivity index (χ1) is 13.0. The van der Waals surface area contributed by atoms with Gasteiger partial charge in [0, 0.05) is 21.5 Å². The van der Waals surface area contributed by atoms with E-state index in [1.54, 1.807) is 36.4 Å². The van der Waals surface area contributed by atoms with Crippen molar-refractivity contribution < 1.29 is 14.4 Å². The van der Waals surface area contributed by atoms with Gasteiger partial charge in [-0.1, -0.05) is 47.5 Å². The predicted octanol–water partition coefficient (Wildman–Crippen LogP) is 4.38. The number of halogens is 2. The van der Waals surface area contributed by atoms with Crippen molar-refractivity contribution in [2.24, 2.45) is 0 Å². The van der Waals surface area contributed by atoms with Gasteiger partial charge in [-0.25, -0.2) is 0 Å². The molecule has 1 aliphatic heterocycles. The molecule has 3 amide bonds. The molecule has 0 bridgehead atoms. The molecular weight excluding hydrogens is 387 g/mol. The van der Waals surface area contributed by atoms with E-state index in [4.69, 9.17) is 23.2 Å². The average molecular weight is 399 g/mol. The Labute approximate surface area is 164 Å². The number of imide groups is 1. The number of hydrogen-bond donors (Lipinski definition) is 1. The van der Waals surface area contributed by atoms with E-state index in [1.165, 1.54) is 6.07 Å². The van der Waals surface area contributed by atoms with Crippen LogP contribution < -0.4 is 5.32 Å². The molecule has 27 heavy (non-hydrogen) atoms. The molecule has 0 radical (unpaired) electrons. The quantitative estimate of drug-likeness (QED) is 0.665. The fourth-order valence-electron chi connectivity index (χ4n) is 3.15. The van der Waals surface area contributed by atoms with E-state index in [0.29, 0.717) is 32.2 Å². The lowest BCUT2D eigenvalue weighted by Gasteiger charge is -2.26. The summed E-state index contributed by atoms with van der Waals surface area (Å²) >= 11 is 12.0. The van der Waals surface area contributed by atoms with Gasteiger partial charge in [-0.15, -0.1) is 0 Å². The number of nitrogens with zero attached hydrogens (tertiary/aromatic N) is 1. The average Bonchev–Trinajstić information content (AvgIpc) is 2.66. The Hall–Kier alpha value is -2.89. The molecule has 0 aliphatic carbocycles. The zero-order valence-electron chi connectivity index (χ0n) is 13.8. The molecule has 0 spiro atoms. The first-order valence-electron chi connectivity index (χ1n) is 8.08. The van der Waals surface area contributed by atoms with Crippen LogP contribution >= 0.6 is 23.2 Å². The largest absolute Gasteiger partial charge is 0.323 e. The molecule has 0 fully saturated rings. The van der Waals surface area contributed by atoms with Crippen molar-refractivity contribution in [1.29, 1.82) is 0 Å². The van der Waals surface area contributed by atoms with Crippen molar-refractivity contribution in [2.45, 2.75) is 0 Å². The van der Waals surface area contributed by atoms with Gasteiger partial charge in [0.2, 0.25) is 5.91 Å². The van der Waals surface area contributed by atoms with Gasteiger partial charge in [0.15, 0.2) is 0 Å². The number of nitrogens with one attached hydrogen (secondary N) is 1. The van der Waals surface area contributed by atoms with Gasteiger partial charge < -0.3 is 5.32 Å². The topological polar surface area (TPSA) is 66.5 Å². The number of anilines is 1. The first-order valence-corrected chi connectivity index (χ1v) is 8.84. The highest BCUT2D eigenvalue weighted by Crippen LogP contribution is 2.30. The number of carbonyl (C=O) groups excluding carboxylic acids is 3. The molecule has 0 unspecified atom stereocenters. The maximum atomic E-state index is 12.8. The molecular formula is C20H12Cl2N2O3. The number of benzene rings is 3. The molecule has 1 heterocycles. The summed E-state index contributed by atoms with van der Waals surface area (Å²) in [5.74, 6) is -1.55. The van der Waals surface area contributed by atoms with Gasteiger partial charge in [0.05, 0.1) is 10.7 Å². The van der Waals surface area contributed by atoms with Crippen LogP contribution in [0.1, 0.15) is 20.7 Å². The Morgan fingerprint density at radius 2 is 1.56 bits per heavy atom. The summed E-state index contributed by atoms with van der Waals surface area (Å²) in [7, 11) is 0. The van der Waals surface area contributed by atoms with Crippen molar-refractivity contribution in [1.82, 2.24) is 4.90 Å². The third-order valence-corrected chi connectivity index (χ3v) is 4.92. The normalized spacial score (nSPS) is 13.2. The SMILES string of the molecule is O=C(CN1C(=O)c2cccc3cccc(c23)C1=O)Nc1cc(Cl)ccc1Cl. The van der Waals surface area contributed by atoms with Gasteiger partial charge in [-0.2, -0.15) is 0 Å². The summed E-state index contributed by atoms with van der Waals surface area (Å²) in [5.41, 5.74) is 1.11. The Balaban J connectivity index is 1.63. The monoisotopic (exact) mass is 398 g/mol. The Morgan fingerprint density at radius 1 is 0.926 bits per heavy atom. The van der Waals surface area contributed by atoms with Crippen LogP contribution in [0.3, 0.4) is 0 Å². The second-order valence-corrected chi connectivity index (χ2v) is 6.92. The second kappa shape index (κ2) is 6.68. The molecule has 1 aliphatic rings. The van der Waals surface area contributed by atoms with Crippen LogP contribution in [0.2, 0.25) is 10.0 Å². The van der Waals surface area contributed by atoms with Crippen LogP contribution in [-0.2, 0) is 4.79 Å². The number of carbonyl (C=O) groups is 3. The minimum atomic E-state index is -0.549. The molecule has 5 nitrogen and oxygen atoms in total. The summed E-state index contributed by atoms with van der Waals surface area (Å²) in [6.07, 6.45) is 0. The molecule has 3 aromatic rings. The molecule has 4 rings (SSSR count). The zero-order valence-corrected chi connectivity index (χ0v) is 15.3. The maximum Gasteiger partial charge on any atom is 0.261 e. The Bertz CT molecular complexity index is 1080. The summed E-state index contributed by atoms with van der Waals surface area (Å²) in [5, 5.41) is 4.72. The van der Waals surface area contributed by atoms with Crippen molar-refractivity contribution in [2.75, 3.05) is 11.9 Å². The predicted molar refractivity (Wildman–Crippen MR) is 104 cm³/mol. The standard InChI is InChI=1S/C20H12Cl2N2O3/c21-12-7-8-15(22)16(9-12)23-17(25)10-24-19(26)13-5-1-3-11-4-2-6-14(18(11)13)20(24)27/h1-9H,10H2,(H,23,25). The van der Waals surface area contributed by atoms with E-state index < -0.39 is 24.3 Å². The van der Waals surface area contributed by atoms with Crippen molar-refractivity contribution in [3.05, 3.63) is 75.8 Å². The molecule has 1 N–H and O–H groups in total. The summed E-state index contributed by atoms with van der Waals surface area (Å²) in [6.45, 7) is -0.425. The molecule has 0 saturated heterocycles. The Morgan fingerprint density at radius 3 is 2.19 bits per heavy atom. The van der Waals surface area contributed by atoms with E-state index in [2.05, 4.69) is 5.32 Å². The first kappa shape index (κ1) is 17.5. The fraction of sp³-hybridized carbons (Fsp3) is 0.0500. The van der Waals surface area contributed by atoms with Crippen LogP contribution in [0.15, 0.2) is 54.6 Å². The van der Waals surface area contributed by atoms with E-state index in [-0.39, 0.29) is 0 Å². The Kier molecular flexibility index (Phi) is 4.34. The summed E-state index contributed by atoms with van der Waals surface area (Å²) in [4.78, 5) is 39.0. The lowest BCUT2D eigenvalue weighted by molar-refractivity contribution is -0.116. The lowest BCUT2D eigenvalue weighted by Crippen LogP contribution is -2.44. The lowest BCUT2D eigenvalue weighted by atomic mass is 9.94. The molecule has 0 aromatic heterocycles. The van der Waals surface area contributed by atoms with E-state index in [1.807, 2.05) is 12.1 Å². The van der Waals surface area contributed by atoms with Crippen LogP contribution in [0.4, 0.5) is 5.69 Å².